The minimum Gasteiger partial charge on any atom is -0.507 e. The van der Waals surface area contributed by atoms with Crippen LogP contribution in [-0.4, -0.2) is 48.8 Å². The molecule has 3 rings (SSSR count). The number of nitrogens with zero attached hydrogens (tertiary/aromatic N) is 3. The summed E-state index contributed by atoms with van der Waals surface area (Å²) in [5.74, 6) is 0.470. The molecule has 0 aliphatic heterocycles. The first-order valence-electron chi connectivity index (χ1n) is 9.39. The van der Waals surface area contributed by atoms with E-state index in [4.69, 9.17) is 9.98 Å². The molecule has 2 N–H and O–H groups in total. The van der Waals surface area contributed by atoms with Crippen LogP contribution in [0.4, 0.5) is 5.69 Å². The molecule has 2 unspecified atom stereocenters. The zero-order chi connectivity index (χ0) is 19.2. The van der Waals surface area contributed by atoms with Gasteiger partial charge in [0.25, 0.3) is 0 Å². The Hall–Kier alpha value is -2.82. The fourth-order valence-electron chi connectivity index (χ4n) is 3.31. The third-order valence-electron chi connectivity index (χ3n) is 4.97. The van der Waals surface area contributed by atoms with Gasteiger partial charge in [0.1, 0.15) is 11.5 Å². The Kier molecular flexibility index (Phi) is 6.12. The predicted octanol–water partition coefficient (Wildman–Crippen LogP) is 4.01. The second-order valence-corrected chi connectivity index (χ2v) is 7.17. The summed E-state index contributed by atoms with van der Waals surface area (Å²) >= 11 is 0. The molecule has 5 nitrogen and oxygen atoms in total. The van der Waals surface area contributed by atoms with Crippen molar-refractivity contribution in [1.29, 1.82) is 0 Å². The van der Waals surface area contributed by atoms with Gasteiger partial charge < -0.3 is 15.1 Å². The van der Waals surface area contributed by atoms with Gasteiger partial charge in [0.05, 0.1) is 12.1 Å². The zero-order valence-electron chi connectivity index (χ0n) is 15.9. The second-order valence-electron chi connectivity index (χ2n) is 7.17. The number of phenols is 2. The van der Waals surface area contributed by atoms with Crippen molar-refractivity contribution in [1.82, 2.24) is 0 Å². The fraction of sp³-hybridized carbons (Fsp3) is 0.364. The highest BCUT2D eigenvalue weighted by Crippen LogP contribution is 2.26. The lowest BCUT2D eigenvalue weighted by atomic mass is 9.91. The molecule has 1 aliphatic rings. The van der Waals surface area contributed by atoms with Crippen LogP contribution in [0.1, 0.15) is 36.8 Å². The molecular formula is C22H27N3O2. The average Bonchev–Trinajstić information content (AvgIpc) is 2.67. The van der Waals surface area contributed by atoms with Gasteiger partial charge in [-0.2, -0.15) is 0 Å². The molecule has 0 saturated heterocycles. The Balaban J connectivity index is 1.74. The van der Waals surface area contributed by atoms with Gasteiger partial charge in [-0.3, -0.25) is 9.98 Å². The van der Waals surface area contributed by atoms with E-state index < -0.39 is 0 Å². The van der Waals surface area contributed by atoms with Gasteiger partial charge >= 0.3 is 0 Å². The monoisotopic (exact) mass is 365 g/mol. The van der Waals surface area contributed by atoms with Crippen LogP contribution in [-0.2, 0) is 0 Å². The summed E-state index contributed by atoms with van der Waals surface area (Å²) < 4.78 is 0. The van der Waals surface area contributed by atoms with Crippen LogP contribution < -0.4 is 4.90 Å². The smallest absolute Gasteiger partial charge is 0.126 e. The molecule has 0 bridgehead atoms. The molecule has 27 heavy (non-hydrogen) atoms. The van der Waals surface area contributed by atoms with E-state index in [0.717, 1.165) is 42.5 Å². The van der Waals surface area contributed by atoms with Gasteiger partial charge in [0.15, 0.2) is 0 Å². The lowest BCUT2D eigenvalue weighted by Gasteiger charge is -2.25. The molecule has 0 spiro atoms. The van der Waals surface area contributed by atoms with Crippen molar-refractivity contribution in [3.05, 3.63) is 53.6 Å². The van der Waals surface area contributed by atoms with Crippen molar-refractivity contribution in [2.45, 2.75) is 37.8 Å². The van der Waals surface area contributed by atoms with Crippen molar-refractivity contribution in [2.24, 2.45) is 9.98 Å². The van der Waals surface area contributed by atoms with Crippen LogP contribution in [0.15, 0.2) is 52.4 Å². The summed E-state index contributed by atoms with van der Waals surface area (Å²) in [6.45, 7) is 0. The molecular weight excluding hydrogens is 338 g/mol. The summed E-state index contributed by atoms with van der Waals surface area (Å²) in [5.41, 5.74) is 2.39. The summed E-state index contributed by atoms with van der Waals surface area (Å²) in [5, 5.41) is 20.1. The van der Waals surface area contributed by atoms with Crippen molar-refractivity contribution < 1.29 is 10.2 Å². The normalized spacial score (nSPS) is 20.4. The van der Waals surface area contributed by atoms with Crippen LogP contribution in [0.25, 0.3) is 0 Å². The molecule has 142 valence electrons. The van der Waals surface area contributed by atoms with Gasteiger partial charge in [-0.15, -0.1) is 0 Å². The first-order valence-corrected chi connectivity index (χ1v) is 9.39. The van der Waals surface area contributed by atoms with E-state index in [1.807, 2.05) is 43.3 Å². The molecule has 0 heterocycles. The van der Waals surface area contributed by atoms with Gasteiger partial charge in [0.2, 0.25) is 0 Å². The van der Waals surface area contributed by atoms with E-state index in [-0.39, 0.29) is 23.6 Å². The number of aromatic hydroxyl groups is 2. The van der Waals surface area contributed by atoms with Gasteiger partial charge in [-0.05, 0) is 37.1 Å². The molecule has 1 saturated carbocycles. The number of hydrogen-bond acceptors (Lipinski definition) is 5. The number of anilines is 1. The molecule has 1 aliphatic carbocycles. The lowest BCUT2D eigenvalue weighted by Crippen LogP contribution is -2.27. The van der Waals surface area contributed by atoms with Gasteiger partial charge in [-0.1, -0.05) is 25.0 Å². The quantitative estimate of drug-likeness (QED) is 0.787. The molecule has 0 aromatic heterocycles. The Labute approximate surface area is 160 Å². The Morgan fingerprint density at radius 2 is 1.44 bits per heavy atom. The summed E-state index contributed by atoms with van der Waals surface area (Å²) in [7, 11) is 3.88. The Bertz CT molecular complexity index is 830. The molecule has 5 heteroatoms. The van der Waals surface area contributed by atoms with Crippen LogP contribution in [0, 0.1) is 0 Å². The van der Waals surface area contributed by atoms with Crippen LogP contribution in [0.5, 0.6) is 11.5 Å². The highest BCUT2D eigenvalue weighted by molar-refractivity contribution is 5.85. The molecule has 0 radical (unpaired) electrons. The van der Waals surface area contributed by atoms with E-state index >= 15 is 0 Å². The van der Waals surface area contributed by atoms with Gasteiger partial charge in [-0.25, -0.2) is 0 Å². The largest absolute Gasteiger partial charge is 0.507 e. The molecule has 1 fully saturated rings. The first kappa shape index (κ1) is 19.0. The first-order chi connectivity index (χ1) is 13.0. The van der Waals surface area contributed by atoms with E-state index in [2.05, 4.69) is 0 Å². The Morgan fingerprint density at radius 3 is 2.00 bits per heavy atom. The molecule has 2 aromatic rings. The zero-order valence-corrected chi connectivity index (χ0v) is 15.9. The summed E-state index contributed by atoms with van der Waals surface area (Å²) in [6, 6.07) is 13.0. The SMILES string of the molecule is CN(C)c1ccc(C=NC2CCCCC2N=Cc2ccccc2O)c(O)c1. The van der Waals surface area contributed by atoms with Crippen LogP contribution in [0.2, 0.25) is 0 Å². The second kappa shape index (κ2) is 8.71. The van der Waals surface area contributed by atoms with Crippen molar-refractivity contribution in [3.63, 3.8) is 0 Å². The number of para-hydroxylation sites is 1. The maximum Gasteiger partial charge on any atom is 0.126 e. The van der Waals surface area contributed by atoms with Crippen molar-refractivity contribution in [2.75, 3.05) is 19.0 Å². The molecule has 0 amide bonds. The number of benzene rings is 2. The van der Waals surface area contributed by atoms with Gasteiger partial charge in [0, 0.05) is 49.4 Å². The molecule has 2 aromatic carbocycles. The summed E-state index contributed by atoms with van der Waals surface area (Å²) in [4.78, 5) is 11.4. The maximum atomic E-state index is 10.2. The predicted molar refractivity (Wildman–Crippen MR) is 112 cm³/mol. The lowest BCUT2D eigenvalue weighted by molar-refractivity contribution is 0.390. The van der Waals surface area contributed by atoms with Crippen molar-refractivity contribution in [3.8, 4) is 11.5 Å². The standard InChI is InChI=1S/C22H27N3O2/c1-25(2)18-12-11-17(22(27)13-18)15-24-20-9-5-4-8-19(20)23-14-16-7-3-6-10-21(16)26/h3,6-7,10-15,19-20,26-27H,4-5,8-9H2,1-2H3. The van der Waals surface area contributed by atoms with E-state index in [1.54, 1.807) is 30.6 Å². The minimum atomic E-state index is 0.0915. The topological polar surface area (TPSA) is 68.4 Å². The third kappa shape index (κ3) is 4.88. The number of phenolic OH excluding ortho intramolecular Hbond substituents is 2. The van der Waals surface area contributed by atoms with E-state index in [1.165, 1.54) is 0 Å². The number of rotatable bonds is 5. The highest BCUT2D eigenvalue weighted by atomic mass is 16.3. The van der Waals surface area contributed by atoms with Crippen LogP contribution >= 0.6 is 0 Å². The van der Waals surface area contributed by atoms with Crippen LogP contribution in [0.3, 0.4) is 0 Å². The fourth-order valence-corrected chi connectivity index (χ4v) is 3.31. The molecule has 2 atom stereocenters. The number of hydrogen-bond donors (Lipinski definition) is 2. The average molecular weight is 365 g/mol. The highest BCUT2D eigenvalue weighted by Gasteiger charge is 2.23. The minimum absolute atomic E-state index is 0.0915. The van der Waals surface area contributed by atoms with E-state index in [0.29, 0.717) is 0 Å². The summed E-state index contributed by atoms with van der Waals surface area (Å²) in [6.07, 6.45) is 7.74. The van der Waals surface area contributed by atoms with Crippen molar-refractivity contribution >= 4 is 18.1 Å². The third-order valence-corrected chi connectivity index (χ3v) is 4.97. The van der Waals surface area contributed by atoms with E-state index in [9.17, 15) is 10.2 Å². The Morgan fingerprint density at radius 1 is 0.852 bits per heavy atom. The maximum absolute atomic E-state index is 10.2. The number of aliphatic imine (C=N–C) groups is 2.